The first kappa shape index (κ1) is 17.3. The number of phenolic OH excluding ortho intramolecular Hbond substituents is 1. The van der Waals surface area contributed by atoms with Crippen molar-refractivity contribution in [3.63, 3.8) is 0 Å². The molecule has 0 radical (unpaired) electrons. The zero-order valence-electron chi connectivity index (χ0n) is 13.8. The number of phenols is 1. The summed E-state index contributed by atoms with van der Waals surface area (Å²) in [5, 5.41) is 25.3. The standard InChI is InChI=1S/C16H19N3O5/c1-16(2,3)24-15(23)17-10-7-9(5-6-13(10)20)12-8-11(14(21)22)18-19(12)4/h5-8,20H,1-4H3,(H,17,23)(H,21,22). The summed E-state index contributed by atoms with van der Waals surface area (Å²) in [6, 6.07) is 5.92. The largest absolute Gasteiger partial charge is 0.506 e. The van der Waals surface area contributed by atoms with E-state index in [1.165, 1.54) is 22.9 Å². The normalized spacial score (nSPS) is 11.2. The monoisotopic (exact) mass is 333 g/mol. The summed E-state index contributed by atoms with van der Waals surface area (Å²) in [4.78, 5) is 22.9. The Balaban J connectivity index is 2.32. The lowest BCUT2D eigenvalue weighted by Crippen LogP contribution is -2.27. The SMILES string of the molecule is Cn1nc(C(=O)O)cc1-c1ccc(O)c(NC(=O)OC(C)(C)C)c1. The molecule has 24 heavy (non-hydrogen) atoms. The predicted octanol–water partition coefficient (Wildman–Crippen LogP) is 2.84. The van der Waals surface area contributed by atoms with Crippen LogP contribution in [0.15, 0.2) is 24.3 Å². The van der Waals surface area contributed by atoms with Crippen LogP contribution in [0.3, 0.4) is 0 Å². The van der Waals surface area contributed by atoms with E-state index in [9.17, 15) is 14.7 Å². The molecule has 0 unspecified atom stereocenters. The smallest absolute Gasteiger partial charge is 0.412 e. The summed E-state index contributed by atoms with van der Waals surface area (Å²) in [7, 11) is 1.61. The molecule has 2 rings (SSSR count). The third kappa shape index (κ3) is 4.03. The summed E-state index contributed by atoms with van der Waals surface area (Å²) in [5.41, 5.74) is 0.499. The number of aryl methyl sites for hydroxylation is 1. The molecule has 128 valence electrons. The Kier molecular flexibility index (Phi) is 4.50. The number of carbonyl (C=O) groups excluding carboxylic acids is 1. The van der Waals surface area contributed by atoms with E-state index in [2.05, 4.69) is 10.4 Å². The highest BCUT2D eigenvalue weighted by molar-refractivity contribution is 5.89. The molecule has 2 aromatic rings. The molecule has 1 aromatic carbocycles. The molecule has 8 heteroatoms. The topological polar surface area (TPSA) is 114 Å². The number of rotatable bonds is 3. The molecule has 8 nitrogen and oxygen atoms in total. The van der Waals surface area contributed by atoms with E-state index in [1.54, 1.807) is 33.9 Å². The van der Waals surface area contributed by atoms with Gasteiger partial charge in [-0.2, -0.15) is 5.10 Å². The maximum Gasteiger partial charge on any atom is 0.412 e. The van der Waals surface area contributed by atoms with Crippen molar-refractivity contribution in [3.05, 3.63) is 30.0 Å². The van der Waals surface area contributed by atoms with Gasteiger partial charge in [0, 0.05) is 12.6 Å². The van der Waals surface area contributed by atoms with E-state index in [0.717, 1.165) is 0 Å². The van der Waals surface area contributed by atoms with Crippen LogP contribution >= 0.6 is 0 Å². The number of nitrogens with zero attached hydrogens (tertiary/aromatic N) is 2. The van der Waals surface area contributed by atoms with Crippen molar-refractivity contribution in [1.29, 1.82) is 0 Å². The van der Waals surface area contributed by atoms with Crippen LogP contribution in [-0.2, 0) is 11.8 Å². The summed E-state index contributed by atoms with van der Waals surface area (Å²) in [5.74, 6) is -1.27. The van der Waals surface area contributed by atoms with Crippen LogP contribution in [0.5, 0.6) is 5.75 Å². The summed E-state index contributed by atoms with van der Waals surface area (Å²) in [6.45, 7) is 5.18. The lowest BCUT2D eigenvalue weighted by molar-refractivity contribution is 0.0633. The summed E-state index contributed by atoms with van der Waals surface area (Å²) >= 11 is 0. The van der Waals surface area contributed by atoms with E-state index in [0.29, 0.717) is 11.3 Å². The van der Waals surface area contributed by atoms with Gasteiger partial charge in [-0.3, -0.25) is 10.00 Å². The number of hydrogen-bond acceptors (Lipinski definition) is 5. The quantitative estimate of drug-likeness (QED) is 0.744. The number of aromatic hydroxyl groups is 1. The van der Waals surface area contributed by atoms with E-state index >= 15 is 0 Å². The highest BCUT2D eigenvalue weighted by Gasteiger charge is 2.18. The van der Waals surface area contributed by atoms with Gasteiger partial charge in [0.1, 0.15) is 11.4 Å². The highest BCUT2D eigenvalue weighted by atomic mass is 16.6. The number of carboxylic acid groups (broad SMARTS) is 1. The molecule has 3 N–H and O–H groups in total. The van der Waals surface area contributed by atoms with Gasteiger partial charge in [0.15, 0.2) is 5.69 Å². The molecule has 0 fully saturated rings. The van der Waals surface area contributed by atoms with Gasteiger partial charge < -0.3 is 14.9 Å². The highest BCUT2D eigenvalue weighted by Crippen LogP contribution is 2.30. The van der Waals surface area contributed by atoms with E-state index < -0.39 is 17.7 Å². The third-order valence-corrected chi connectivity index (χ3v) is 3.03. The van der Waals surface area contributed by atoms with Crippen LogP contribution in [0, 0.1) is 0 Å². The Morgan fingerprint density at radius 2 is 1.92 bits per heavy atom. The first-order valence-electron chi connectivity index (χ1n) is 7.17. The van der Waals surface area contributed by atoms with Crippen molar-refractivity contribution < 1.29 is 24.5 Å². The average Bonchev–Trinajstić information content (AvgIpc) is 2.81. The number of hydrogen-bond donors (Lipinski definition) is 3. The fourth-order valence-corrected chi connectivity index (χ4v) is 2.05. The maximum atomic E-state index is 11.8. The molecule has 0 aliphatic heterocycles. The molecule has 1 aromatic heterocycles. The van der Waals surface area contributed by atoms with Crippen LogP contribution in [0.1, 0.15) is 31.3 Å². The first-order chi connectivity index (χ1) is 11.1. The van der Waals surface area contributed by atoms with Crippen molar-refractivity contribution in [2.45, 2.75) is 26.4 Å². The van der Waals surface area contributed by atoms with Crippen LogP contribution < -0.4 is 5.32 Å². The molecule has 1 heterocycles. The van der Waals surface area contributed by atoms with Gasteiger partial charge in [-0.05, 0) is 45.0 Å². The number of benzene rings is 1. The van der Waals surface area contributed by atoms with Gasteiger partial charge in [0.05, 0.1) is 11.4 Å². The molecular formula is C16H19N3O5. The number of aromatic nitrogens is 2. The zero-order chi connectivity index (χ0) is 18.1. The Bertz CT molecular complexity index is 789. The maximum absolute atomic E-state index is 11.8. The zero-order valence-corrected chi connectivity index (χ0v) is 13.8. The van der Waals surface area contributed by atoms with Crippen molar-refractivity contribution in [1.82, 2.24) is 9.78 Å². The fourth-order valence-electron chi connectivity index (χ4n) is 2.05. The molecule has 0 spiro atoms. The molecule has 0 atom stereocenters. The van der Waals surface area contributed by atoms with E-state index in [1.807, 2.05) is 0 Å². The van der Waals surface area contributed by atoms with Gasteiger partial charge in [-0.15, -0.1) is 0 Å². The van der Waals surface area contributed by atoms with E-state index in [4.69, 9.17) is 9.84 Å². The first-order valence-corrected chi connectivity index (χ1v) is 7.17. The molecule has 0 aliphatic carbocycles. The van der Waals surface area contributed by atoms with Crippen molar-refractivity contribution in [2.24, 2.45) is 7.05 Å². The average molecular weight is 333 g/mol. The van der Waals surface area contributed by atoms with Gasteiger partial charge >= 0.3 is 12.1 Å². The van der Waals surface area contributed by atoms with Crippen LogP contribution in [0.2, 0.25) is 0 Å². The Hall–Kier alpha value is -3.03. The van der Waals surface area contributed by atoms with Crippen LogP contribution in [0.4, 0.5) is 10.5 Å². The second-order valence-electron chi connectivity index (χ2n) is 6.20. The van der Waals surface area contributed by atoms with Crippen molar-refractivity contribution in [3.8, 4) is 17.0 Å². The lowest BCUT2D eigenvalue weighted by Gasteiger charge is -2.20. The fraction of sp³-hybridized carbons (Fsp3) is 0.312. The molecular weight excluding hydrogens is 314 g/mol. The van der Waals surface area contributed by atoms with E-state index in [-0.39, 0.29) is 17.1 Å². The van der Waals surface area contributed by atoms with Crippen molar-refractivity contribution in [2.75, 3.05) is 5.32 Å². The Morgan fingerprint density at radius 3 is 2.46 bits per heavy atom. The molecule has 0 saturated carbocycles. The second kappa shape index (κ2) is 6.23. The number of carbonyl (C=O) groups is 2. The lowest BCUT2D eigenvalue weighted by atomic mass is 10.1. The Morgan fingerprint density at radius 1 is 1.25 bits per heavy atom. The molecule has 0 saturated heterocycles. The minimum atomic E-state index is -1.14. The molecule has 0 aliphatic rings. The number of aromatic carboxylic acids is 1. The number of nitrogens with one attached hydrogen (secondary N) is 1. The number of carboxylic acids is 1. The van der Waals surface area contributed by atoms with Crippen molar-refractivity contribution >= 4 is 17.7 Å². The minimum Gasteiger partial charge on any atom is -0.506 e. The second-order valence-corrected chi connectivity index (χ2v) is 6.20. The van der Waals surface area contributed by atoms with Gasteiger partial charge in [-0.1, -0.05) is 0 Å². The Labute approximate surface area is 138 Å². The molecule has 0 bridgehead atoms. The van der Waals surface area contributed by atoms with Crippen LogP contribution in [0.25, 0.3) is 11.3 Å². The van der Waals surface area contributed by atoms with Gasteiger partial charge in [0.2, 0.25) is 0 Å². The summed E-state index contributed by atoms with van der Waals surface area (Å²) in [6.07, 6.45) is -0.703. The number of anilines is 1. The molecule has 1 amide bonds. The predicted molar refractivity (Wildman–Crippen MR) is 87.1 cm³/mol. The minimum absolute atomic E-state index is 0.0952. The third-order valence-electron chi connectivity index (χ3n) is 3.03. The van der Waals surface area contributed by atoms with Crippen LogP contribution in [-0.4, -0.2) is 37.7 Å². The summed E-state index contributed by atoms with van der Waals surface area (Å²) < 4.78 is 6.55. The number of amides is 1. The number of ether oxygens (including phenoxy) is 1. The van der Waals surface area contributed by atoms with Gasteiger partial charge in [0.25, 0.3) is 0 Å². The van der Waals surface area contributed by atoms with Gasteiger partial charge in [-0.25, -0.2) is 9.59 Å².